The van der Waals surface area contributed by atoms with E-state index in [1.165, 1.54) is 0 Å². The minimum atomic E-state index is 0.528. The highest BCUT2D eigenvalue weighted by Gasteiger charge is 2.07. The lowest BCUT2D eigenvalue weighted by Crippen LogP contribution is -1.95. The Morgan fingerprint density at radius 1 is 1.33 bits per heavy atom. The maximum atomic E-state index is 5.57. The molecule has 0 fully saturated rings. The van der Waals surface area contributed by atoms with Crippen molar-refractivity contribution in [3.63, 3.8) is 0 Å². The number of benzene rings is 1. The fraction of sp³-hybridized carbons (Fsp3) is 0.308. The second-order valence-corrected chi connectivity index (χ2v) is 5.22. The van der Waals surface area contributed by atoms with E-state index in [1.807, 2.05) is 13.8 Å². The predicted molar refractivity (Wildman–Crippen MR) is 75.8 cm³/mol. The number of aromatic nitrogens is 1. The SMILES string of the molecule is COc1c(C)cc(Nc2ncc(CN)s2)cc1C. The minimum absolute atomic E-state index is 0.528. The molecule has 0 radical (unpaired) electrons. The Bertz CT molecular complexity index is 528. The Morgan fingerprint density at radius 2 is 2.00 bits per heavy atom. The van der Waals surface area contributed by atoms with Crippen LogP contribution in [-0.2, 0) is 6.54 Å². The van der Waals surface area contributed by atoms with E-state index < -0.39 is 0 Å². The third-order valence-corrected chi connectivity index (χ3v) is 3.61. The van der Waals surface area contributed by atoms with Crippen LogP contribution in [0.25, 0.3) is 0 Å². The summed E-state index contributed by atoms with van der Waals surface area (Å²) in [7, 11) is 1.69. The lowest BCUT2D eigenvalue weighted by molar-refractivity contribution is 0.408. The first-order chi connectivity index (χ1) is 8.63. The summed E-state index contributed by atoms with van der Waals surface area (Å²) in [6.45, 7) is 4.59. The molecule has 2 rings (SSSR count). The second kappa shape index (κ2) is 5.37. The standard InChI is InChI=1S/C13H17N3OS/c1-8-4-10(5-9(2)12(8)17-3)16-13-15-7-11(6-14)18-13/h4-5,7H,6,14H2,1-3H3,(H,15,16). The molecule has 0 amide bonds. The number of ether oxygens (including phenoxy) is 1. The van der Waals surface area contributed by atoms with Gasteiger partial charge in [0, 0.05) is 23.3 Å². The normalized spacial score (nSPS) is 10.4. The first kappa shape index (κ1) is 12.9. The van der Waals surface area contributed by atoms with Gasteiger partial charge in [-0.1, -0.05) is 0 Å². The Labute approximate surface area is 111 Å². The molecular formula is C13H17N3OS. The van der Waals surface area contributed by atoms with E-state index in [0.717, 1.165) is 32.6 Å². The molecule has 0 unspecified atom stereocenters. The number of nitrogens with zero attached hydrogens (tertiary/aromatic N) is 1. The number of nitrogens with two attached hydrogens (primary N) is 1. The third-order valence-electron chi connectivity index (χ3n) is 2.67. The highest BCUT2D eigenvalue weighted by molar-refractivity contribution is 7.15. The molecule has 0 aliphatic rings. The van der Waals surface area contributed by atoms with Crippen LogP contribution in [0.15, 0.2) is 18.3 Å². The number of methoxy groups -OCH3 is 1. The van der Waals surface area contributed by atoms with Gasteiger partial charge >= 0.3 is 0 Å². The fourth-order valence-corrected chi connectivity index (χ4v) is 2.64. The van der Waals surface area contributed by atoms with E-state index in [2.05, 4.69) is 22.4 Å². The van der Waals surface area contributed by atoms with Crippen molar-refractivity contribution in [1.29, 1.82) is 0 Å². The summed E-state index contributed by atoms with van der Waals surface area (Å²) in [6.07, 6.45) is 1.80. The van der Waals surface area contributed by atoms with E-state index in [-0.39, 0.29) is 0 Å². The van der Waals surface area contributed by atoms with Crippen molar-refractivity contribution < 1.29 is 4.74 Å². The highest BCUT2D eigenvalue weighted by atomic mass is 32.1. The Hall–Kier alpha value is -1.59. The number of aryl methyl sites for hydroxylation is 2. The molecule has 0 bridgehead atoms. The third kappa shape index (κ3) is 2.63. The first-order valence-corrected chi connectivity index (χ1v) is 6.52. The molecule has 96 valence electrons. The molecule has 0 aliphatic heterocycles. The number of rotatable bonds is 4. The van der Waals surface area contributed by atoms with Gasteiger partial charge in [-0.25, -0.2) is 4.98 Å². The van der Waals surface area contributed by atoms with Gasteiger partial charge in [-0.05, 0) is 37.1 Å². The summed E-state index contributed by atoms with van der Waals surface area (Å²) in [5.74, 6) is 0.933. The van der Waals surface area contributed by atoms with E-state index in [1.54, 1.807) is 24.6 Å². The summed E-state index contributed by atoms with van der Waals surface area (Å²) in [6, 6.07) is 4.10. The zero-order valence-corrected chi connectivity index (χ0v) is 11.6. The minimum Gasteiger partial charge on any atom is -0.496 e. The Balaban J connectivity index is 2.24. The van der Waals surface area contributed by atoms with Crippen LogP contribution in [0.5, 0.6) is 5.75 Å². The summed E-state index contributed by atoms with van der Waals surface area (Å²) in [4.78, 5) is 5.35. The van der Waals surface area contributed by atoms with Crippen LogP contribution < -0.4 is 15.8 Å². The van der Waals surface area contributed by atoms with Gasteiger partial charge in [-0.15, -0.1) is 11.3 Å². The molecule has 0 aliphatic carbocycles. The number of hydrogen-bond acceptors (Lipinski definition) is 5. The molecule has 18 heavy (non-hydrogen) atoms. The van der Waals surface area contributed by atoms with Crippen molar-refractivity contribution in [3.8, 4) is 5.75 Å². The van der Waals surface area contributed by atoms with Crippen LogP contribution in [0.1, 0.15) is 16.0 Å². The van der Waals surface area contributed by atoms with Crippen LogP contribution in [0.2, 0.25) is 0 Å². The van der Waals surface area contributed by atoms with Gasteiger partial charge in [0.1, 0.15) is 5.75 Å². The second-order valence-electron chi connectivity index (χ2n) is 4.10. The Kier molecular flexibility index (Phi) is 3.84. The Morgan fingerprint density at radius 3 is 2.50 bits per heavy atom. The lowest BCUT2D eigenvalue weighted by Gasteiger charge is -2.11. The van der Waals surface area contributed by atoms with Gasteiger partial charge in [0.05, 0.1) is 7.11 Å². The molecule has 0 saturated heterocycles. The summed E-state index contributed by atoms with van der Waals surface area (Å²) >= 11 is 1.57. The smallest absolute Gasteiger partial charge is 0.187 e. The van der Waals surface area contributed by atoms with Gasteiger partial charge in [0.2, 0.25) is 0 Å². The van der Waals surface area contributed by atoms with Crippen LogP contribution >= 0.6 is 11.3 Å². The van der Waals surface area contributed by atoms with E-state index in [0.29, 0.717) is 6.54 Å². The van der Waals surface area contributed by atoms with E-state index in [4.69, 9.17) is 10.5 Å². The molecule has 0 spiro atoms. The van der Waals surface area contributed by atoms with Crippen molar-refractivity contribution in [2.45, 2.75) is 20.4 Å². The number of nitrogens with one attached hydrogen (secondary N) is 1. The van der Waals surface area contributed by atoms with Gasteiger partial charge in [0.15, 0.2) is 5.13 Å². The number of hydrogen-bond donors (Lipinski definition) is 2. The lowest BCUT2D eigenvalue weighted by atomic mass is 10.1. The van der Waals surface area contributed by atoms with Crippen LogP contribution in [0, 0.1) is 13.8 Å². The van der Waals surface area contributed by atoms with Crippen LogP contribution in [0.4, 0.5) is 10.8 Å². The van der Waals surface area contributed by atoms with Crippen molar-refractivity contribution in [1.82, 2.24) is 4.98 Å². The van der Waals surface area contributed by atoms with E-state index in [9.17, 15) is 0 Å². The van der Waals surface area contributed by atoms with Crippen molar-refractivity contribution >= 4 is 22.2 Å². The molecule has 2 aromatic rings. The molecule has 0 saturated carbocycles. The van der Waals surface area contributed by atoms with Gasteiger partial charge in [-0.2, -0.15) is 0 Å². The summed E-state index contributed by atoms with van der Waals surface area (Å²) in [5.41, 5.74) is 8.80. The van der Waals surface area contributed by atoms with E-state index >= 15 is 0 Å². The van der Waals surface area contributed by atoms with Gasteiger partial charge < -0.3 is 15.8 Å². The molecule has 1 aromatic heterocycles. The quantitative estimate of drug-likeness (QED) is 0.890. The predicted octanol–water partition coefficient (Wildman–Crippen LogP) is 2.97. The van der Waals surface area contributed by atoms with Crippen molar-refractivity contribution in [3.05, 3.63) is 34.3 Å². The maximum absolute atomic E-state index is 5.57. The first-order valence-electron chi connectivity index (χ1n) is 5.71. The molecule has 1 aromatic carbocycles. The summed E-state index contributed by atoms with van der Waals surface area (Å²) in [5, 5.41) is 4.15. The number of anilines is 2. The molecular weight excluding hydrogens is 246 g/mol. The average molecular weight is 263 g/mol. The van der Waals surface area contributed by atoms with Crippen molar-refractivity contribution in [2.24, 2.45) is 5.73 Å². The highest BCUT2D eigenvalue weighted by Crippen LogP contribution is 2.29. The summed E-state index contributed by atoms with van der Waals surface area (Å²) < 4.78 is 5.35. The molecule has 3 N–H and O–H groups in total. The molecule has 4 nitrogen and oxygen atoms in total. The van der Waals surface area contributed by atoms with Crippen molar-refractivity contribution in [2.75, 3.05) is 12.4 Å². The fourth-order valence-electron chi connectivity index (χ4n) is 1.93. The largest absolute Gasteiger partial charge is 0.496 e. The topological polar surface area (TPSA) is 60.2 Å². The molecule has 5 heteroatoms. The van der Waals surface area contributed by atoms with Crippen LogP contribution in [0.3, 0.4) is 0 Å². The molecule has 1 heterocycles. The average Bonchev–Trinajstić information content (AvgIpc) is 2.76. The zero-order chi connectivity index (χ0) is 13.1. The monoisotopic (exact) mass is 263 g/mol. The zero-order valence-electron chi connectivity index (χ0n) is 10.8. The van der Waals surface area contributed by atoms with Gasteiger partial charge in [-0.3, -0.25) is 0 Å². The number of thiazole rings is 1. The van der Waals surface area contributed by atoms with Crippen LogP contribution in [-0.4, -0.2) is 12.1 Å². The van der Waals surface area contributed by atoms with Gasteiger partial charge in [0.25, 0.3) is 0 Å². The molecule has 0 atom stereocenters. The maximum Gasteiger partial charge on any atom is 0.187 e.